The molecule has 182 valence electrons. The highest BCUT2D eigenvalue weighted by atomic mass is 16.5. The molecule has 2 aliphatic carbocycles. The van der Waals surface area contributed by atoms with Crippen molar-refractivity contribution in [1.29, 1.82) is 0 Å². The zero-order valence-corrected chi connectivity index (χ0v) is 19.8. The maximum atomic E-state index is 13.0. The average molecular weight is 475 g/mol. The second-order valence-electron chi connectivity index (χ2n) is 9.74. The zero-order chi connectivity index (χ0) is 24.5. The Hall–Kier alpha value is -3.61. The molecular weight excluding hydrogens is 444 g/mol. The van der Waals surface area contributed by atoms with Crippen molar-refractivity contribution in [3.05, 3.63) is 71.3 Å². The fraction of sp³-hybridized carbons (Fsp3) is 0.393. The molecule has 0 aromatic heterocycles. The minimum absolute atomic E-state index is 0.00205. The molecule has 1 unspecified atom stereocenters. The van der Waals surface area contributed by atoms with Crippen molar-refractivity contribution in [1.82, 2.24) is 10.2 Å². The molecule has 0 saturated carbocycles. The van der Waals surface area contributed by atoms with Gasteiger partial charge in [0.25, 0.3) is 0 Å². The summed E-state index contributed by atoms with van der Waals surface area (Å²) in [5.41, 5.74) is 5.37. The first kappa shape index (κ1) is 23.1. The molecule has 3 aliphatic rings. The number of aliphatic carboxylic acids is 1. The number of carbonyl (C=O) groups excluding carboxylic acids is 2. The number of nitrogens with zero attached hydrogens (tertiary/aromatic N) is 1. The molecule has 0 radical (unpaired) electrons. The standard InChI is InChI=1S/C28H30N2O5/c1-17-14-19(27(32)33)12-13-30(17)26(31)18-10-11-20(15-18)29-28(34)35-16-25-23-8-4-2-6-21(23)22-7-3-5-9-24(22)25/h2-10,17,19-20,25H,11-16H2,1H3,(H,29,34)(H,32,33)/t17-,19-,20?/m1/s1. The highest BCUT2D eigenvalue weighted by molar-refractivity contribution is 5.94. The van der Waals surface area contributed by atoms with Crippen LogP contribution in [0.5, 0.6) is 0 Å². The van der Waals surface area contributed by atoms with Crippen LogP contribution in [-0.4, -0.2) is 53.2 Å². The van der Waals surface area contributed by atoms with Crippen LogP contribution in [0.2, 0.25) is 0 Å². The minimum Gasteiger partial charge on any atom is -0.481 e. The number of rotatable bonds is 5. The predicted octanol–water partition coefficient (Wildman–Crippen LogP) is 4.33. The maximum Gasteiger partial charge on any atom is 0.407 e. The van der Waals surface area contributed by atoms with Crippen molar-refractivity contribution in [3.8, 4) is 11.1 Å². The van der Waals surface area contributed by atoms with Crippen LogP contribution < -0.4 is 5.32 Å². The molecule has 0 bridgehead atoms. The van der Waals surface area contributed by atoms with Crippen molar-refractivity contribution in [3.63, 3.8) is 0 Å². The molecule has 2 N–H and O–H groups in total. The maximum absolute atomic E-state index is 13.0. The second-order valence-corrected chi connectivity index (χ2v) is 9.74. The van der Waals surface area contributed by atoms with Crippen LogP contribution in [0.25, 0.3) is 11.1 Å². The van der Waals surface area contributed by atoms with E-state index in [1.54, 1.807) is 4.90 Å². The van der Waals surface area contributed by atoms with Crippen molar-refractivity contribution in [2.75, 3.05) is 13.2 Å². The highest BCUT2D eigenvalue weighted by Gasteiger charge is 2.35. The Balaban J connectivity index is 1.14. The Bertz CT molecular complexity index is 1140. The van der Waals surface area contributed by atoms with Crippen LogP contribution in [0.3, 0.4) is 0 Å². The van der Waals surface area contributed by atoms with Crippen LogP contribution in [0, 0.1) is 5.92 Å². The summed E-state index contributed by atoms with van der Waals surface area (Å²) in [5.74, 6) is -1.24. The van der Waals surface area contributed by atoms with E-state index >= 15 is 0 Å². The summed E-state index contributed by atoms with van der Waals surface area (Å²) in [5, 5.41) is 12.2. The van der Waals surface area contributed by atoms with Crippen molar-refractivity contribution in [2.24, 2.45) is 5.92 Å². The molecule has 5 rings (SSSR count). The van der Waals surface area contributed by atoms with Crippen LogP contribution >= 0.6 is 0 Å². The SMILES string of the molecule is C[C@@H]1C[C@H](C(=O)O)CCN1C(=O)C1=CCC(NC(=O)OCC2c3ccccc3-c3ccccc32)C1. The van der Waals surface area contributed by atoms with Gasteiger partial charge in [-0.15, -0.1) is 0 Å². The van der Waals surface area contributed by atoms with Crippen LogP contribution in [0.4, 0.5) is 4.79 Å². The fourth-order valence-electron chi connectivity index (χ4n) is 5.69. The average Bonchev–Trinajstić information content (AvgIpc) is 3.45. The number of likely N-dealkylation sites (tertiary alicyclic amines) is 1. The summed E-state index contributed by atoms with van der Waals surface area (Å²) in [7, 11) is 0. The van der Waals surface area contributed by atoms with E-state index in [-0.39, 0.29) is 30.5 Å². The van der Waals surface area contributed by atoms with E-state index in [2.05, 4.69) is 29.6 Å². The van der Waals surface area contributed by atoms with Gasteiger partial charge in [0.2, 0.25) is 5.91 Å². The third-order valence-electron chi connectivity index (χ3n) is 7.54. The number of benzene rings is 2. The second kappa shape index (κ2) is 9.56. The van der Waals surface area contributed by atoms with Crippen molar-refractivity contribution in [2.45, 2.75) is 50.6 Å². The van der Waals surface area contributed by atoms with Gasteiger partial charge in [-0.25, -0.2) is 4.79 Å². The van der Waals surface area contributed by atoms with Crippen molar-refractivity contribution < 1.29 is 24.2 Å². The zero-order valence-electron chi connectivity index (χ0n) is 19.8. The lowest BCUT2D eigenvalue weighted by Crippen LogP contribution is -2.46. The number of ether oxygens (including phenoxy) is 1. The number of nitrogens with one attached hydrogen (secondary N) is 1. The summed E-state index contributed by atoms with van der Waals surface area (Å²) in [4.78, 5) is 38.7. The number of carbonyl (C=O) groups is 3. The summed E-state index contributed by atoms with van der Waals surface area (Å²) >= 11 is 0. The van der Waals surface area contributed by atoms with Gasteiger partial charge < -0.3 is 20.1 Å². The topological polar surface area (TPSA) is 95.9 Å². The number of hydrogen-bond donors (Lipinski definition) is 2. The smallest absolute Gasteiger partial charge is 0.407 e. The molecule has 1 aliphatic heterocycles. The Morgan fingerprint density at radius 3 is 2.34 bits per heavy atom. The normalized spacial score (nSPS) is 23.3. The van der Waals surface area contributed by atoms with E-state index in [1.165, 1.54) is 11.1 Å². The first-order valence-corrected chi connectivity index (χ1v) is 12.3. The summed E-state index contributed by atoms with van der Waals surface area (Å²) in [6, 6.07) is 16.1. The van der Waals surface area contributed by atoms with E-state index in [4.69, 9.17) is 4.74 Å². The number of fused-ring (bicyclic) bond motifs is 3. The number of alkyl carbamates (subject to hydrolysis) is 1. The number of carboxylic acids is 1. The Labute approximate surface area is 204 Å². The lowest BCUT2D eigenvalue weighted by atomic mass is 9.91. The highest BCUT2D eigenvalue weighted by Crippen LogP contribution is 2.44. The Morgan fingerprint density at radius 1 is 1.06 bits per heavy atom. The van der Waals surface area contributed by atoms with Gasteiger partial charge in [0.1, 0.15) is 6.61 Å². The van der Waals surface area contributed by atoms with E-state index in [0.717, 1.165) is 11.1 Å². The number of amides is 2. The summed E-state index contributed by atoms with van der Waals surface area (Å²) in [6.45, 7) is 2.59. The predicted molar refractivity (Wildman–Crippen MR) is 131 cm³/mol. The largest absolute Gasteiger partial charge is 0.481 e. The third-order valence-corrected chi connectivity index (χ3v) is 7.54. The quantitative estimate of drug-likeness (QED) is 0.673. The molecule has 2 aromatic carbocycles. The molecular formula is C28H30N2O5. The van der Waals surface area contributed by atoms with Gasteiger partial charge in [-0.1, -0.05) is 54.6 Å². The van der Waals surface area contributed by atoms with Gasteiger partial charge in [-0.2, -0.15) is 0 Å². The van der Waals surface area contributed by atoms with Crippen LogP contribution in [0.1, 0.15) is 49.7 Å². The monoisotopic (exact) mass is 474 g/mol. The van der Waals surface area contributed by atoms with Gasteiger partial charge in [0.05, 0.1) is 5.92 Å². The van der Waals surface area contributed by atoms with Gasteiger partial charge in [-0.3, -0.25) is 9.59 Å². The van der Waals surface area contributed by atoms with E-state index in [1.807, 2.05) is 37.3 Å². The first-order valence-electron chi connectivity index (χ1n) is 12.3. The molecule has 35 heavy (non-hydrogen) atoms. The number of hydrogen-bond acceptors (Lipinski definition) is 4. The molecule has 1 heterocycles. The fourth-order valence-corrected chi connectivity index (χ4v) is 5.69. The molecule has 1 saturated heterocycles. The molecule has 2 aromatic rings. The van der Waals surface area contributed by atoms with Crippen LogP contribution in [-0.2, 0) is 14.3 Å². The van der Waals surface area contributed by atoms with E-state index in [0.29, 0.717) is 37.8 Å². The number of carboxylic acid groups (broad SMARTS) is 1. The first-order chi connectivity index (χ1) is 16.9. The molecule has 0 spiro atoms. The number of piperidine rings is 1. The van der Waals surface area contributed by atoms with Gasteiger partial charge in [-0.05, 0) is 54.9 Å². The minimum atomic E-state index is -0.795. The lowest BCUT2D eigenvalue weighted by Gasteiger charge is -2.36. The molecule has 7 nitrogen and oxygen atoms in total. The summed E-state index contributed by atoms with van der Waals surface area (Å²) < 4.78 is 5.64. The van der Waals surface area contributed by atoms with Gasteiger partial charge >= 0.3 is 12.1 Å². The van der Waals surface area contributed by atoms with Crippen LogP contribution in [0.15, 0.2) is 60.2 Å². The van der Waals surface area contributed by atoms with Gasteiger partial charge in [0.15, 0.2) is 0 Å². The molecule has 7 heteroatoms. The molecule has 3 atom stereocenters. The van der Waals surface area contributed by atoms with Gasteiger partial charge in [0, 0.05) is 30.1 Å². The van der Waals surface area contributed by atoms with Crippen molar-refractivity contribution >= 4 is 18.0 Å². The third kappa shape index (κ3) is 4.55. The Morgan fingerprint density at radius 2 is 1.71 bits per heavy atom. The van der Waals surface area contributed by atoms with E-state index in [9.17, 15) is 19.5 Å². The summed E-state index contributed by atoms with van der Waals surface area (Å²) in [6.07, 6.45) is 3.37. The Kier molecular flexibility index (Phi) is 6.32. The van der Waals surface area contributed by atoms with E-state index < -0.39 is 18.0 Å². The molecule has 2 amide bonds. The molecule has 1 fully saturated rings. The lowest BCUT2D eigenvalue weighted by molar-refractivity contribution is -0.146.